The van der Waals surface area contributed by atoms with E-state index in [1.807, 2.05) is 77.7 Å². The molecule has 2 fully saturated rings. The quantitative estimate of drug-likeness (QED) is 0.195. The average Bonchev–Trinajstić information content (AvgIpc) is 3.09. The number of benzene rings is 3. The molecule has 0 unspecified atom stereocenters. The number of ether oxygens (including phenoxy) is 1. The molecule has 3 aromatic rings. The summed E-state index contributed by atoms with van der Waals surface area (Å²) in [5, 5.41) is 13.4. The Morgan fingerprint density at radius 1 is 0.894 bits per heavy atom. The Morgan fingerprint density at radius 2 is 1.62 bits per heavy atom. The van der Waals surface area contributed by atoms with Crippen LogP contribution in [0.15, 0.2) is 72.8 Å². The number of fused-ring (bicyclic) bond motifs is 1. The number of carbonyl (C=O) groups excluding carboxylic acids is 5. The van der Waals surface area contributed by atoms with Crippen LogP contribution in [-0.4, -0.2) is 92.3 Å². The maximum absolute atomic E-state index is 14.1. The Hall–Kier alpha value is -4.61. The van der Waals surface area contributed by atoms with E-state index in [0.29, 0.717) is 45.6 Å². The van der Waals surface area contributed by atoms with E-state index < -0.39 is 29.9 Å². The first-order valence-electron chi connectivity index (χ1n) is 16.3. The SMILES string of the molecule is O=C[C@H](C[C@@H]1CCCNC1=O)NC(=O)[C@H](CN1CCOCC1)NC(=O)[C@H](Cc1cccc2ccccc12)NC(=O)Cc1ccccc1. The molecular weight excluding hydrogens is 598 g/mol. The molecule has 11 heteroatoms. The van der Waals surface area contributed by atoms with Crippen molar-refractivity contribution in [2.45, 2.75) is 50.2 Å². The zero-order valence-electron chi connectivity index (χ0n) is 26.5. The Morgan fingerprint density at radius 3 is 2.38 bits per heavy atom. The highest BCUT2D eigenvalue weighted by Gasteiger charge is 2.32. The van der Waals surface area contributed by atoms with Gasteiger partial charge in [0.25, 0.3) is 0 Å². The van der Waals surface area contributed by atoms with E-state index in [1.165, 1.54) is 0 Å². The third kappa shape index (κ3) is 9.69. The van der Waals surface area contributed by atoms with Crippen molar-refractivity contribution >= 4 is 40.7 Å². The van der Waals surface area contributed by atoms with Crippen LogP contribution >= 0.6 is 0 Å². The number of aldehydes is 1. The molecule has 2 saturated heterocycles. The zero-order valence-corrected chi connectivity index (χ0v) is 26.5. The van der Waals surface area contributed by atoms with Crippen molar-refractivity contribution in [1.29, 1.82) is 0 Å². The summed E-state index contributed by atoms with van der Waals surface area (Å²) in [4.78, 5) is 67.5. The van der Waals surface area contributed by atoms with E-state index in [4.69, 9.17) is 4.74 Å². The number of morpholine rings is 1. The van der Waals surface area contributed by atoms with Crippen molar-refractivity contribution in [3.63, 3.8) is 0 Å². The lowest BCUT2D eigenvalue weighted by atomic mass is 9.92. The zero-order chi connectivity index (χ0) is 33.0. The number of nitrogens with zero attached hydrogens (tertiary/aromatic N) is 1. The maximum Gasteiger partial charge on any atom is 0.244 e. The molecule has 5 rings (SSSR count). The molecule has 0 bridgehead atoms. The van der Waals surface area contributed by atoms with Crippen LogP contribution in [0.1, 0.15) is 30.4 Å². The van der Waals surface area contributed by atoms with E-state index in [9.17, 15) is 24.0 Å². The molecule has 0 aliphatic carbocycles. The van der Waals surface area contributed by atoms with Gasteiger partial charge in [0.1, 0.15) is 18.4 Å². The summed E-state index contributed by atoms with van der Waals surface area (Å²) < 4.78 is 5.47. The molecule has 2 aliphatic rings. The van der Waals surface area contributed by atoms with Gasteiger partial charge in [-0.05, 0) is 41.2 Å². The lowest BCUT2D eigenvalue weighted by Crippen LogP contribution is -2.59. The monoisotopic (exact) mass is 641 g/mol. The standard InChI is InChI=1S/C36H43N5O6/c42-24-29(21-28-13-7-15-37-34(28)44)38-36(46)32(23-41-16-18-47-19-17-41)40-35(45)31(39-33(43)20-25-8-2-1-3-9-25)22-27-12-6-11-26-10-4-5-14-30(26)27/h1-6,8-12,14,24,28-29,31-32H,7,13,15-23H2,(H,37,44)(H,38,46)(H,39,43)(H,40,45)/t28-,29-,31-,32-/m0/s1. The number of amides is 4. The predicted molar refractivity (Wildman–Crippen MR) is 177 cm³/mol. The number of nitrogens with one attached hydrogen (secondary N) is 4. The lowest BCUT2D eigenvalue weighted by Gasteiger charge is -2.32. The van der Waals surface area contributed by atoms with Crippen LogP contribution in [0.5, 0.6) is 0 Å². The van der Waals surface area contributed by atoms with Crippen molar-refractivity contribution in [2.75, 3.05) is 39.4 Å². The second kappa shape index (κ2) is 16.8. The Labute approximate surface area is 274 Å². The van der Waals surface area contributed by atoms with Crippen molar-refractivity contribution in [2.24, 2.45) is 5.92 Å². The highest BCUT2D eigenvalue weighted by atomic mass is 16.5. The van der Waals surface area contributed by atoms with Crippen LogP contribution in [0, 0.1) is 5.92 Å². The molecule has 0 aromatic heterocycles. The van der Waals surface area contributed by atoms with Crippen molar-refractivity contribution < 1.29 is 28.7 Å². The minimum Gasteiger partial charge on any atom is -0.379 e. The summed E-state index contributed by atoms with van der Waals surface area (Å²) in [5.41, 5.74) is 1.69. The minimum absolute atomic E-state index is 0.0909. The predicted octanol–water partition coefficient (Wildman–Crippen LogP) is 1.53. The molecule has 0 spiro atoms. The number of carbonyl (C=O) groups is 5. The van der Waals surface area contributed by atoms with Gasteiger partial charge in [-0.3, -0.25) is 24.1 Å². The van der Waals surface area contributed by atoms with E-state index in [0.717, 1.165) is 28.3 Å². The molecule has 0 saturated carbocycles. The number of piperidine rings is 1. The molecule has 0 radical (unpaired) electrons. The van der Waals surface area contributed by atoms with Crippen molar-refractivity contribution in [1.82, 2.24) is 26.2 Å². The first kappa shape index (κ1) is 33.7. The minimum atomic E-state index is -1.02. The van der Waals surface area contributed by atoms with Crippen molar-refractivity contribution in [3.05, 3.63) is 83.9 Å². The smallest absolute Gasteiger partial charge is 0.244 e. The number of rotatable bonds is 14. The first-order chi connectivity index (χ1) is 22.9. The lowest BCUT2D eigenvalue weighted by molar-refractivity contribution is -0.133. The van der Waals surface area contributed by atoms with Crippen LogP contribution in [0.4, 0.5) is 0 Å². The number of hydrogen-bond donors (Lipinski definition) is 4. The summed E-state index contributed by atoms with van der Waals surface area (Å²) in [6.07, 6.45) is 2.55. The molecule has 248 valence electrons. The third-order valence-electron chi connectivity index (χ3n) is 8.77. The Bertz CT molecular complexity index is 1540. The molecule has 47 heavy (non-hydrogen) atoms. The van der Waals surface area contributed by atoms with Gasteiger partial charge in [0, 0.05) is 38.5 Å². The number of hydrogen-bond acceptors (Lipinski definition) is 7. The van der Waals surface area contributed by atoms with Crippen LogP contribution in [-0.2, 0) is 41.6 Å². The topological polar surface area (TPSA) is 146 Å². The van der Waals surface area contributed by atoms with Crippen LogP contribution in [0.3, 0.4) is 0 Å². The highest BCUT2D eigenvalue weighted by Crippen LogP contribution is 2.20. The largest absolute Gasteiger partial charge is 0.379 e. The van der Waals surface area contributed by atoms with E-state index >= 15 is 0 Å². The summed E-state index contributed by atoms with van der Waals surface area (Å²) in [6.45, 7) is 2.93. The molecule has 2 heterocycles. The van der Waals surface area contributed by atoms with E-state index in [-0.39, 0.29) is 43.5 Å². The molecule has 2 aliphatic heterocycles. The summed E-state index contributed by atoms with van der Waals surface area (Å²) in [5.74, 6) is -1.87. The van der Waals surface area contributed by atoms with Gasteiger partial charge in [0.15, 0.2) is 0 Å². The fourth-order valence-electron chi connectivity index (χ4n) is 6.23. The van der Waals surface area contributed by atoms with Gasteiger partial charge in [0.05, 0.1) is 25.7 Å². The Balaban J connectivity index is 1.35. The summed E-state index contributed by atoms with van der Waals surface area (Å²) >= 11 is 0. The summed E-state index contributed by atoms with van der Waals surface area (Å²) in [7, 11) is 0. The van der Waals surface area contributed by atoms with Gasteiger partial charge >= 0.3 is 0 Å². The van der Waals surface area contributed by atoms with Gasteiger partial charge < -0.3 is 30.8 Å². The fraction of sp³-hybridized carbons (Fsp3) is 0.417. The first-order valence-corrected chi connectivity index (χ1v) is 16.3. The van der Waals surface area contributed by atoms with Gasteiger partial charge in [-0.15, -0.1) is 0 Å². The van der Waals surface area contributed by atoms with Gasteiger partial charge in [0.2, 0.25) is 23.6 Å². The third-order valence-corrected chi connectivity index (χ3v) is 8.77. The van der Waals surface area contributed by atoms with Gasteiger partial charge in [-0.1, -0.05) is 72.8 Å². The van der Waals surface area contributed by atoms with Crippen molar-refractivity contribution in [3.8, 4) is 0 Å². The molecule has 11 nitrogen and oxygen atoms in total. The van der Waals surface area contributed by atoms with Gasteiger partial charge in [-0.25, -0.2) is 0 Å². The molecule has 3 aromatic carbocycles. The maximum atomic E-state index is 14.1. The second-order valence-corrected chi connectivity index (χ2v) is 12.2. The van der Waals surface area contributed by atoms with Crippen LogP contribution in [0.25, 0.3) is 10.8 Å². The normalized spacial score (nSPS) is 18.7. The van der Waals surface area contributed by atoms with Gasteiger partial charge in [-0.2, -0.15) is 0 Å². The molecule has 4 atom stereocenters. The van der Waals surface area contributed by atoms with Crippen LogP contribution < -0.4 is 21.3 Å². The highest BCUT2D eigenvalue weighted by molar-refractivity contribution is 5.94. The molecule has 4 amide bonds. The average molecular weight is 642 g/mol. The second-order valence-electron chi connectivity index (χ2n) is 12.2. The van der Waals surface area contributed by atoms with Crippen LogP contribution in [0.2, 0.25) is 0 Å². The molecular formula is C36H43N5O6. The molecule has 4 N–H and O–H groups in total. The Kier molecular flexibility index (Phi) is 12.1. The fourth-order valence-corrected chi connectivity index (χ4v) is 6.23. The van der Waals surface area contributed by atoms with E-state index in [1.54, 1.807) is 0 Å². The van der Waals surface area contributed by atoms with E-state index in [2.05, 4.69) is 21.3 Å². The summed E-state index contributed by atoms with van der Waals surface area (Å²) in [6, 6.07) is 20.1.